The maximum atomic E-state index is 11.9. The highest BCUT2D eigenvalue weighted by molar-refractivity contribution is 7.91. The molecule has 0 aliphatic carbocycles. The number of fused-ring (bicyclic) bond motifs is 1. The highest BCUT2D eigenvalue weighted by Crippen LogP contribution is 2.26. The molecular formula is C12H15NO4S. The molecule has 2 N–H and O–H groups in total. The molecule has 0 bridgehead atoms. The zero-order valence-electron chi connectivity index (χ0n) is 9.85. The molecule has 0 aromatic heterocycles. The minimum absolute atomic E-state index is 0.0432. The topological polar surface area (TPSA) is 83.5 Å². The lowest BCUT2D eigenvalue weighted by atomic mass is 10.0. The van der Waals surface area contributed by atoms with Gasteiger partial charge in [0.2, 0.25) is 5.91 Å². The van der Waals surface area contributed by atoms with Gasteiger partial charge < -0.3 is 10.4 Å². The van der Waals surface area contributed by atoms with E-state index in [4.69, 9.17) is 5.11 Å². The predicted molar refractivity (Wildman–Crippen MR) is 67.1 cm³/mol. The summed E-state index contributed by atoms with van der Waals surface area (Å²) in [5.41, 5.74) is 1.53. The SMILES string of the molecule is O=C1CCc2cc(S(=O)(=O)CCCO)ccc2N1. The van der Waals surface area contributed by atoms with Crippen LogP contribution in [0, 0.1) is 0 Å². The Bertz CT molecular complexity index is 565. The van der Waals surface area contributed by atoms with E-state index in [-0.39, 0.29) is 29.6 Å². The number of hydrogen-bond donors (Lipinski definition) is 2. The van der Waals surface area contributed by atoms with E-state index in [0.717, 1.165) is 5.56 Å². The first-order valence-electron chi connectivity index (χ1n) is 5.79. The fourth-order valence-electron chi connectivity index (χ4n) is 1.93. The number of anilines is 1. The molecule has 0 atom stereocenters. The van der Waals surface area contributed by atoms with Crippen LogP contribution >= 0.6 is 0 Å². The van der Waals surface area contributed by atoms with Crippen LogP contribution in [0.25, 0.3) is 0 Å². The number of aliphatic hydroxyl groups is 1. The van der Waals surface area contributed by atoms with Gasteiger partial charge in [0.15, 0.2) is 9.84 Å². The fourth-order valence-corrected chi connectivity index (χ4v) is 3.27. The molecule has 0 unspecified atom stereocenters. The summed E-state index contributed by atoms with van der Waals surface area (Å²) in [5, 5.41) is 11.4. The van der Waals surface area contributed by atoms with E-state index in [9.17, 15) is 13.2 Å². The van der Waals surface area contributed by atoms with Crippen LogP contribution in [0.2, 0.25) is 0 Å². The van der Waals surface area contributed by atoms with Crippen LogP contribution < -0.4 is 5.32 Å². The highest BCUT2D eigenvalue weighted by atomic mass is 32.2. The lowest BCUT2D eigenvalue weighted by molar-refractivity contribution is -0.116. The van der Waals surface area contributed by atoms with E-state index in [1.54, 1.807) is 12.1 Å². The van der Waals surface area contributed by atoms with E-state index < -0.39 is 9.84 Å². The molecule has 1 aliphatic rings. The zero-order valence-corrected chi connectivity index (χ0v) is 10.7. The summed E-state index contributed by atoms with van der Waals surface area (Å²) in [5.74, 6) is -0.104. The van der Waals surface area contributed by atoms with Crippen LogP contribution in [0.3, 0.4) is 0 Å². The average Bonchev–Trinajstić information content (AvgIpc) is 2.35. The first-order valence-corrected chi connectivity index (χ1v) is 7.44. The fraction of sp³-hybridized carbons (Fsp3) is 0.417. The standard InChI is InChI=1S/C12H15NO4S/c14-6-1-7-18(16,17)10-3-4-11-9(8-10)2-5-12(15)13-11/h3-4,8,14H,1-2,5-7H2,(H,13,15). The Morgan fingerprint density at radius 3 is 2.78 bits per heavy atom. The molecule has 0 spiro atoms. The van der Waals surface area contributed by atoms with Gasteiger partial charge in [-0.25, -0.2) is 8.42 Å². The number of sulfone groups is 1. The maximum absolute atomic E-state index is 11.9. The summed E-state index contributed by atoms with van der Waals surface area (Å²) in [6, 6.07) is 4.73. The molecule has 0 fully saturated rings. The molecule has 1 aromatic rings. The van der Waals surface area contributed by atoms with Gasteiger partial charge in [0.05, 0.1) is 10.6 Å². The molecule has 5 nitrogen and oxygen atoms in total. The van der Waals surface area contributed by atoms with Crippen LogP contribution in [0.4, 0.5) is 5.69 Å². The van der Waals surface area contributed by atoms with Gasteiger partial charge in [-0.1, -0.05) is 0 Å². The Morgan fingerprint density at radius 1 is 1.28 bits per heavy atom. The smallest absolute Gasteiger partial charge is 0.224 e. The quantitative estimate of drug-likeness (QED) is 0.844. The van der Waals surface area contributed by atoms with Gasteiger partial charge in [-0.15, -0.1) is 0 Å². The van der Waals surface area contributed by atoms with Crippen molar-refractivity contribution in [1.82, 2.24) is 0 Å². The summed E-state index contributed by atoms with van der Waals surface area (Å²) >= 11 is 0. The monoisotopic (exact) mass is 269 g/mol. The molecule has 0 saturated carbocycles. The number of benzene rings is 1. The van der Waals surface area contributed by atoms with Gasteiger partial charge >= 0.3 is 0 Å². The lowest BCUT2D eigenvalue weighted by Crippen LogP contribution is -2.19. The van der Waals surface area contributed by atoms with Gasteiger partial charge in [-0.2, -0.15) is 0 Å². The van der Waals surface area contributed by atoms with Crippen molar-refractivity contribution in [3.8, 4) is 0 Å². The van der Waals surface area contributed by atoms with E-state index in [1.807, 2.05) is 0 Å². The molecule has 1 amide bonds. The predicted octanol–water partition coefficient (Wildman–Crippen LogP) is 0.727. The largest absolute Gasteiger partial charge is 0.396 e. The molecule has 0 saturated heterocycles. The molecule has 98 valence electrons. The molecule has 1 aromatic carbocycles. The van der Waals surface area contributed by atoms with Crippen molar-refractivity contribution < 1.29 is 18.3 Å². The number of nitrogens with one attached hydrogen (secondary N) is 1. The van der Waals surface area contributed by atoms with Gasteiger partial charge in [-0.3, -0.25) is 4.79 Å². The lowest BCUT2D eigenvalue weighted by Gasteiger charge is -2.17. The number of carbonyl (C=O) groups is 1. The number of amides is 1. The second-order valence-corrected chi connectivity index (χ2v) is 6.37. The van der Waals surface area contributed by atoms with Crippen molar-refractivity contribution in [2.45, 2.75) is 24.2 Å². The Labute approximate surface area is 106 Å². The third kappa shape index (κ3) is 2.70. The molecular weight excluding hydrogens is 254 g/mol. The van der Waals surface area contributed by atoms with Crippen LogP contribution in [0.5, 0.6) is 0 Å². The molecule has 18 heavy (non-hydrogen) atoms. The second kappa shape index (κ2) is 5.07. The third-order valence-corrected chi connectivity index (χ3v) is 4.70. The Morgan fingerprint density at radius 2 is 2.06 bits per heavy atom. The summed E-state index contributed by atoms with van der Waals surface area (Å²) in [7, 11) is -3.34. The number of hydrogen-bond acceptors (Lipinski definition) is 4. The van der Waals surface area contributed by atoms with Crippen molar-refractivity contribution >= 4 is 21.4 Å². The zero-order chi connectivity index (χ0) is 13.2. The summed E-state index contributed by atoms with van der Waals surface area (Å²) in [6.07, 6.45) is 1.17. The first kappa shape index (κ1) is 13.0. The van der Waals surface area contributed by atoms with Gasteiger partial charge in [-0.05, 0) is 36.6 Å². The Hall–Kier alpha value is -1.40. The van der Waals surface area contributed by atoms with Gasteiger partial charge in [0.1, 0.15) is 0 Å². The third-order valence-electron chi connectivity index (χ3n) is 2.90. The van der Waals surface area contributed by atoms with Crippen molar-refractivity contribution in [3.63, 3.8) is 0 Å². The van der Waals surface area contributed by atoms with E-state index >= 15 is 0 Å². The normalized spacial score (nSPS) is 15.1. The van der Waals surface area contributed by atoms with Crippen LogP contribution in [0.15, 0.2) is 23.1 Å². The maximum Gasteiger partial charge on any atom is 0.224 e. The van der Waals surface area contributed by atoms with Crippen LogP contribution in [-0.2, 0) is 21.1 Å². The molecule has 1 heterocycles. The second-order valence-electron chi connectivity index (χ2n) is 4.26. The summed E-state index contributed by atoms with van der Waals surface area (Å²) in [6.45, 7) is -0.139. The van der Waals surface area contributed by atoms with Crippen LogP contribution in [-0.4, -0.2) is 31.8 Å². The molecule has 6 heteroatoms. The van der Waals surface area contributed by atoms with Crippen molar-refractivity contribution in [1.29, 1.82) is 0 Å². The number of carbonyl (C=O) groups excluding carboxylic acids is 1. The molecule has 1 aliphatic heterocycles. The number of aliphatic hydroxyl groups excluding tert-OH is 1. The Kier molecular flexibility index (Phi) is 3.68. The van der Waals surface area contributed by atoms with Crippen molar-refractivity contribution in [3.05, 3.63) is 23.8 Å². The summed E-state index contributed by atoms with van der Waals surface area (Å²) < 4.78 is 23.9. The Balaban J connectivity index is 2.29. The highest BCUT2D eigenvalue weighted by Gasteiger charge is 2.19. The minimum atomic E-state index is -3.34. The average molecular weight is 269 g/mol. The molecule has 2 rings (SSSR count). The van der Waals surface area contributed by atoms with Gasteiger partial charge in [0.25, 0.3) is 0 Å². The van der Waals surface area contributed by atoms with Crippen molar-refractivity contribution in [2.24, 2.45) is 0 Å². The van der Waals surface area contributed by atoms with Crippen molar-refractivity contribution in [2.75, 3.05) is 17.7 Å². The van der Waals surface area contributed by atoms with Crippen LogP contribution in [0.1, 0.15) is 18.4 Å². The van der Waals surface area contributed by atoms with E-state index in [2.05, 4.69) is 5.32 Å². The number of rotatable bonds is 4. The van der Waals surface area contributed by atoms with Gasteiger partial charge in [0, 0.05) is 18.7 Å². The number of aryl methyl sites for hydroxylation is 1. The first-order chi connectivity index (χ1) is 8.53. The minimum Gasteiger partial charge on any atom is -0.396 e. The molecule has 0 radical (unpaired) electrons. The summed E-state index contributed by atoms with van der Waals surface area (Å²) in [4.78, 5) is 11.4. The van der Waals surface area contributed by atoms with E-state index in [1.165, 1.54) is 6.07 Å². The van der Waals surface area contributed by atoms with E-state index in [0.29, 0.717) is 18.5 Å².